The summed E-state index contributed by atoms with van der Waals surface area (Å²) < 4.78 is 14.5. The first kappa shape index (κ1) is 17.9. The molecule has 7 heteroatoms. The Labute approximate surface area is 107 Å². The summed E-state index contributed by atoms with van der Waals surface area (Å²) in [6.07, 6.45) is -0.855. The zero-order valence-electron chi connectivity index (χ0n) is 9.60. The van der Waals surface area contributed by atoms with E-state index in [1.165, 1.54) is 14.2 Å². The van der Waals surface area contributed by atoms with Crippen LogP contribution >= 0.6 is 0 Å². The summed E-state index contributed by atoms with van der Waals surface area (Å²) in [5, 5.41) is 8.35. The van der Waals surface area contributed by atoms with Crippen LogP contribution in [0.15, 0.2) is 0 Å². The third kappa shape index (κ3) is 10.0. The van der Waals surface area contributed by atoms with Crippen LogP contribution in [0.4, 0.5) is 0 Å². The zero-order chi connectivity index (χ0) is 11.7. The Morgan fingerprint density at radius 2 is 1.62 bits per heavy atom. The van der Waals surface area contributed by atoms with Crippen molar-refractivity contribution in [3.8, 4) is 0 Å². The molecule has 0 amide bonds. The van der Waals surface area contributed by atoms with E-state index >= 15 is 0 Å². The molecule has 6 nitrogen and oxygen atoms in total. The van der Waals surface area contributed by atoms with Crippen molar-refractivity contribution >= 4 is 11.9 Å². The van der Waals surface area contributed by atoms with Gasteiger partial charge in [-0.25, -0.2) is 0 Å². The van der Waals surface area contributed by atoms with Crippen LogP contribution in [0.3, 0.4) is 0 Å². The molecular weight excluding hydrogens is 269 g/mol. The Kier molecular flexibility index (Phi) is 12.3. The number of esters is 1. The molecule has 90 valence electrons. The average Bonchev–Trinajstić information content (AvgIpc) is 2.15. The van der Waals surface area contributed by atoms with Crippen LogP contribution in [0.1, 0.15) is 12.8 Å². The number of carboxylic acids is 1. The SMILES string of the molecule is COCC(COC)OC(=O)CCC(=O)O.[Zn]. The predicted octanol–water partition coefficient (Wildman–Crippen LogP) is 0.0533. The normalized spacial score (nSPS) is 9.69. The van der Waals surface area contributed by atoms with E-state index in [0.29, 0.717) is 0 Å². The Hall–Kier alpha value is -0.517. The maximum atomic E-state index is 11.1. The van der Waals surface area contributed by atoms with Crippen molar-refractivity contribution in [1.82, 2.24) is 0 Å². The minimum absolute atomic E-state index is 0. The number of hydrogen-bond donors (Lipinski definition) is 1. The third-order valence-corrected chi connectivity index (χ3v) is 1.55. The van der Waals surface area contributed by atoms with E-state index in [1.807, 2.05) is 0 Å². The number of hydrogen-bond acceptors (Lipinski definition) is 5. The number of aliphatic carboxylic acids is 1. The maximum Gasteiger partial charge on any atom is 0.306 e. The number of ether oxygens (including phenoxy) is 3. The van der Waals surface area contributed by atoms with Gasteiger partial charge in [0.05, 0.1) is 26.1 Å². The maximum absolute atomic E-state index is 11.1. The van der Waals surface area contributed by atoms with Crippen molar-refractivity contribution < 1.29 is 48.4 Å². The molecule has 0 aliphatic carbocycles. The third-order valence-electron chi connectivity index (χ3n) is 1.55. The molecule has 16 heavy (non-hydrogen) atoms. The van der Waals surface area contributed by atoms with E-state index in [0.717, 1.165) is 0 Å². The number of carbonyl (C=O) groups excluding carboxylic acids is 1. The van der Waals surface area contributed by atoms with Gasteiger partial charge in [0.2, 0.25) is 0 Å². The topological polar surface area (TPSA) is 82.1 Å². The van der Waals surface area contributed by atoms with Gasteiger partial charge in [-0.15, -0.1) is 0 Å². The Bertz CT molecular complexity index is 202. The van der Waals surface area contributed by atoms with Gasteiger partial charge in [0, 0.05) is 33.7 Å². The minimum Gasteiger partial charge on any atom is -0.481 e. The molecule has 0 rings (SSSR count). The van der Waals surface area contributed by atoms with Gasteiger partial charge in [-0.3, -0.25) is 9.59 Å². The molecule has 0 aromatic rings. The molecule has 0 aromatic carbocycles. The molecule has 0 radical (unpaired) electrons. The summed E-state index contributed by atoms with van der Waals surface area (Å²) >= 11 is 0. The summed E-state index contributed by atoms with van der Waals surface area (Å²) in [4.78, 5) is 21.3. The van der Waals surface area contributed by atoms with Gasteiger partial charge < -0.3 is 19.3 Å². The van der Waals surface area contributed by atoms with Crippen molar-refractivity contribution in [2.24, 2.45) is 0 Å². The molecule has 0 atom stereocenters. The fourth-order valence-electron chi connectivity index (χ4n) is 0.942. The molecule has 0 aliphatic rings. The van der Waals surface area contributed by atoms with Crippen LogP contribution in [-0.4, -0.2) is 50.6 Å². The number of methoxy groups -OCH3 is 2. The summed E-state index contributed by atoms with van der Waals surface area (Å²) in [5.41, 5.74) is 0. The molecule has 0 unspecified atom stereocenters. The summed E-state index contributed by atoms with van der Waals surface area (Å²) in [6, 6.07) is 0. The van der Waals surface area contributed by atoms with Gasteiger partial charge >= 0.3 is 11.9 Å². The largest absolute Gasteiger partial charge is 0.481 e. The average molecular weight is 286 g/mol. The molecule has 0 saturated heterocycles. The number of rotatable bonds is 8. The predicted molar refractivity (Wildman–Crippen MR) is 50.5 cm³/mol. The molecule has 0 bridgehead atoms. The van der Waals surface area contributed by atoms with Crippen LogP contribution < -0.4 is 0 Å². The van der Waals surface area contributed by atoms with Crippen molar-refractivity contribution in [3.05, 3.63) is 0 Å². The molecule has 0 spiro atoms. The van der Waals surface area contributed by atoms with E-state index in [-0.39, 0.29) is 45.5 Å². The van der Waals surface area contributed by atoms with Gasteiger partial charge in [0.1, 0.15) is 6.10 Å². The van der Waals surface area contributed by atoms with Crippen LogP contribution in [0.2, 0.25) is 0 Å². The van der Waals surface area contributed by atoms with Crippen LogP contribution in [0.25, 0.3) is 0 Å². The van der Waals surface area contributed by atoms with Crippen molar-refractivity contribution in [1.29, 1.82) is 0 Å². The van der Waals surface area contributed by atoms with E-state index in [4.69, 9.17) is 19.3 Å². The van der Waals surface area contributed by atoms with E-state index in [1.54, 1.807) is 0 Å². The number of carboxylic acid groups (broad SMARTS) is 1. The van der Waals surface area contributed by atoms with Gasteiger partial charge in [0.25, 0.3) is 0 Å². The standard InChI is InChI=1S/C9H16O6.Zn/c1-13-5-7(6-14-2)15-9(12)4-3-8(10)11;/h7H,3-6H2,1-2H3,(H,10,11);. The smallest absolute Gasteiger partial charge is 0.306 e. The second-order valence-electron chi connectivity index (χ2n) is 2.92. The van der Waals surface area contributed by atoms with Crippen LogP contribution in [0, 0.1) is 0 Å². The van der Waals surface area contributed by atoms with E-state index < -0.39 is 18.0 Å². The fraction of sp³-hybridized carbons (Fsp3) is 0.778. The molecule has 1 N–H and O–H groups in total. The molecular formula is C9H16O6Zn. The number of carbonyl (C=O) groups is 2. The molecule has 0 aromatic heterocycles. The first-order chi connectivity index (χ1) is 7.10. The second-order valence-corrected chi connectivity index (χ2v) is 2.92. The van der Waals surface area contributed by atoms with Crippen LogP contribution in [0.5, 0.6) is 0 Å². The zero-order valence-corrected chi connectivity index (χ0v) is 12.6. The summed E-state index contributed by atoms with van der Waals surface area (Å²) in [5.74, 6) is -1.58. The minimum atomic E-state index is -1.03. The summed E-state index contributed by atoms with van der Waals surface area (Å²) in [6.45, 7) is 0.458. The fourth-order valence-corrected chi connectivity index (χ4v) is 0.942. The first-order valence-corrected chi connectivity index (χ1v) is 4.49. The Morgan fingerprint density at radius 3 is 2.00 bits per heavy atom. The molecule has 0 saturated carbocycles. The Balaban J connectivity index is 0. The molecule has 0 heterocycles. The quantitative estimate of drug-likeness (QED) is 0.501. The van der Waals surface area contributed by atoms with Crippen molar-refractivity contribution in [2.45, 2.75) is 18.9 Å². The van der Waals surface area contributed by atoms with E-state index in [2.05, 4.69) is 0 Å². The summed E-state index contributed by atoms with van der Waals surface area (Å²) in [7, 11) is 2.96. The van der Waals surface area contributed by atoms with Crippen molar-refractivity contribution in [3.63, 3.8) is 0 Å². The first-order valence-electron chi connectivity index (χ1n) is 4.49. The monoisotopic (exact) mass is 284 g/mol. The van der Waals surface area contributed by atoms with Crippen LogP contribution in [-0.2, 0) is 43.3 Å². The second kappa shape index (κ2) is 11.0. The molecule has 0 aliphatic heterocycles. The van der Waals surface area contributed by atoms with E-state index in [9.17, 15) is 9.59 Å². The van der Waals surface area contributed by atoms with Gasteiger partial charge in [-0.05, 0) is 0 Å². The van der Waals surface area contributed by atoms with Gasteiger partial charge in [-0.1, -0.05) is 0 Å². The van der Waals surface area contributed by atoms with Gasteiger partial charge in [0.15, 0.2) is 0 Å². The molecule has 0 fully saturated rings. The van der Waals surface area contributed by atoms with Gasteiger partial charge in [-0.2, -0.15) is 0 Å². The van der Waals surface area contributed by atoms with Crippen molar-refractivity contribution in [2.75, 3.05) is 27.4 Å². The Morgan fingerprint density at radius 1 is 1.12 bits per heavy atom.